The van der Waals surface area contributed by atoms with Crippen LogP contribution in [-0.4, -0.2) is 12.5 Å². The molecule has 0 aromatic carbocycles. The number of allylic oxidation sites excluding steroid dienone is 2. The molecule has 0 spiro atoms. The topological polar surface area (TPSA) is 17.1 Å². The molecule has 0 saturated heterocycles. The van der Waals surface area contributed by atoms with E-state index in [1.54, 1.807) is 11.8 Å². The highest BCUT2D eigenvalue weighted by atomic mass is 32.2. The molecule has 0 radical (unpaired) electrons. The molecule has 0 rings (SSSR count). The highest BCUT2D eigenvalue weighted by molar-refractivity contribution is 8.02. The van der Waals surface area contributed by atoms with Crippen molar-refractivity contribution >= 4 is 18.0 Å². The van der Waals surface area contributed by atoms with Gasteiger partial charge in [-0.3, -0.25) is 4.79 Å². The van der Waals surface area contributed by atoms with Crippen molar-refractivity contribution in [2.45, 2.75) is 13.8 Å². The first-order chi connectivity index (χ1) is 3.72. The number of carbonyl (C=O) groups excluding carboxylic acids is 1. The fourth-order valence-corrected chi connectivity index (χ4v) is 0.614. The van der Waals surface area contributed by atoms with Crippen LogP contribution >= 0.6 is 11.8 Å². The van der Waals surface area contributed by atoms with E-state index in [1.807, 2.05) is 20.1 Å². The third kappa shape index (κ3) is 2.17. The lowest BCUT2D eigenvalue weighted by atomic mass is 10.3. The van der Waals surface area contributed by atoms with Gasteiger partial charge >= 0.3 is 0 Å². The number of rotatable bonds is 2. The van der Waals surface area contributed by atoms with Crippen molar-refractivity contribution in [3.05, 3.63) is 10.5 Å². The molecule has 0 unspecified atom stereocenters. The first-order valence-corrected chi connectivity index (χ1v) is 3.61. The fraction of sp³-hybridized carbons (Fsp3) is 0.500. The minimum Gasteiger partial charge on any atom is -0.298 e. The van der Waals surface area contributed by atoms with E-state index in [1.165, 1.54) is 0 Å². The van der Waals surface area contributed by atoms with Crippen LogP contribution in [0.5, 0.6) is 0 Å². The second-order valence-corrected chi connectivity index (χ2v) is 2.58. The molecule has 2 heteroatoms. The van der Waals surface area contributed by atoms with Crippen LogP contribution in [0.1, 0.15) is 13.8 Å². The van der Waals surface area contributed by atoms with Crippen LogP contribution in [0.2, 0.25) is 0 Å². The van der Waals surface area contributed by atoms with Gasteiger partial charge in [0.25, 0.3) is 0 Å². The van der Waals surface area contributed by atoms with Gasteiger partial charge in [-0.25, -0.2) is 0 Å². The van der Waals surface area contributed by atoms with Crippen LogP contribution in [0, 0.1) is 0 Å². The van der Waals surface area contributed by atoms with Crippen LogP contribution in [0.15, 0.2) is 10.5 Å². The Balaban J connectivity index is 4.03. The minimum atomic E-state index is 0.831. The molecule has 0 aromatic heterocycles. The number of hydrogen-bond donors (Lipinski definition) is 0. The second-order valence-electron chi connectivity index (χ2n) is 1.56. The molecule has 0 aromatic rings. The van der Waals surface area contributed by atoms with Crippen molar-refractivity contribution in [2.75, 3.05) is 6.26 Å². The van der Waals surface area contributed by atoms with Crippen LogP contribution in [0.4, 0.5) is 0 Å². The van der Waals surface area contributed by atoms with E-state index in [9.17, 15) is 4.79 Å². The van der Waals surface area contributed by atoms with Crippen LogP contribution < -0.4 is 0 Å². The Morgan fingerprint density at radius 2 is 2.00 bits per heavy atom. The molecule has 0 atom stereocenters. The van der Waals surface area contributed by atoms with E-state index in [0.29, 0.717) is 0 Å². The van der Waals surface area contributed by atoms with E-state index < -0.39 is 0 Å². The Bertz CT molecular complexity index is 116. The number of hydrogen-bond acceptors (Lipinski definition) is 2. The lowest BCUT2D eigenvalue weighted by Gasteiger charge is -1.93. The molecular weight excluding hydrogens is 120 g/mol. The van der Waals surface area contributed by atoms with Gasteiger partial charge in [0.1, 0.15) is 6.29 Å². The smallest absolute Gasteiger partial charge is 0.146 e. The van der Waals surface area contributed by atoms with E-state index in [4.69, 9.17) is 0 Å². The third-order valence-corrected chi connectivity index (χ3v) is 1.97. The van der Waals surface area contributed by atoms with Gasteiger partial charge in [-0.05, 0) is 30.6 Å². The van der Waals surface area contributed by atoms with Crippen molar-refractivity contribution in [1.82, 2.24) is 0 Å². The van der Waals surface area contributed by atoms with E-state index in [0.717, 1.165) is 16.8 Å². The summed E-state index contributed by atoms with van der Waals surface area (Å²) in [5.41, 5.74) is 0.831. The second kappa shape index (κ2) is 3.72. The summed E-state index contributed by atoms with van der Waals surface area (Å²) >= 11 is 1.61. The minimum absolute atomic E-state index is 0.831. The average Bonchev–Trinajstić information content (AvgIpc) is 1.84. The van der Waals surface area contributed by atoms with Gasteiger partial charge in [0, 0.05) is 0 Å². The number of thioether (sulfide) groups is 1. The number of aldehydes is 1. The van der Waals surface area contributed by atoms with Crippen LogP contribution in [0.25, 0.3) is 0 Å². The fourth-order valence-electron chi connectivity index (χ4n) is 0.244. The summed E-state index contributed by atoms with van der Waals surface area (Å²) < 4.78 is 0. The highest BCUT2D eigenvalue weighted by Gasteiger charge is 1.89. The Hall–Kier alpha value is -0.240. The molecule has 0 heterocycles. The molecule has 0 saturated carbocycles. The first kappa shape index (κ1) is 7.76. The summed E-state index contributed by atoms with van der Waals surface area (Å²) in [4.78, 5) is 11.1. The molecule has 46 valence electrons. The van der Waals surface area contributed by atoms with E-state index in [-0.39, 0.29) is 0 Å². The Kier molecular flexibility index (Phi) is 3.61. The highest BCUT2D eigenvalue weighted by Crippen LogP contribution is 2.12. The van der Waals surface area contributed by atoms with Gasteiger partial charge in [0.15, 0.2) is 0 Å². The molecule has 0 aliphatic carbocycles. The summed E-state index contributed by atoms with van der Waals surface area (Å²) in [6.45, 7) is 3.76. The molecule has 0 aliphatic heterocycles. The van der Waals surface area contributed by atoms with Crippen molar-refractivity contribution in [1.29, 1.82) is 0 Å². The van der Waals surface area contributed by atoms with Crippen molar-refractivity contribution in [2.24, 2.45) is 0 Å². The van der Waals surface area contributed by atoms with Crippen molar-refractivity contribution in [3.8, 4) is 0 Å². The molecule has 0 aliphatic rings. The Morgan fingerprint density at radius 1 is 1.50 bits per heavy atom. The molecule has 8 heavy (non-hydrogen) atoms. The molecule has 0 amide bonds. The molecule has 0 bridgehead atoms. The van der Waals surface area contributed by atoms with E-state index in [2.05, 4.69) is 0 Å². The van der Waals surface area contributed by atoms with Crippen molar-refractivity contribution < 1.29 is 4.79 Å². The van der Waals surface area contributed by atoms with E-state index >= 15 is 0 Å². The predicted octanol–water partition coefficient (Wildman–Crippen LogP) is 1.84. The maximum Gasteiger partial charge on any atom is 0.146 e. The maximum absolute atomic E-state index is 10.0. The van der Waals surface area contributed by atoms with Gasteiger partial charge in [-0.15, -0.1) is 11.8 Å². The van der Waals surface area contributed by atoms with Gasteiger partial charge in [-0.2, -0.15) is 0 Å². The largest absolute Gasteiger partial charge is 0.298 e. The lowest BCUT2D eigenvalue weighted by molar-refractivity contribution is -0.104. The third-order valence-electron chi connectivity index (χ3n) is 1.04. The Morgan fingerprint density at radius 3 is 2.12 bits per heavy atom. The van der Waals surface area contributed by atoms with Gasteiger partial charge in [0.05, 0.1) is 0 Å². The standard InChI is InChI=1S/C6H10OS/c1-5(4-7)6(2)8-3/h4H,1-3H3/b6-5+. The zero-order chi connectivity index (χ0) is 6.57. The Labute approximate surface area is 54.2 Å². The van der Waals surface area contributed by atoms with Gasteiger partial charge in [-0.1, -0.05) is 0 Å². The molecule has 0 N–H and O–H groups in total. The average molecular weight is 130 g/mol. The SMILES string of the molecule is CS/C(C)=C(\C)C=O. The summed E-state index contributed by atoms with van der Waals surface area (Å²) in [5.74, 6) is 0. The normalized spacial score (nSPS) is 12.9. The summed E-state index contributed by atoms with van der Waals surface area (Å²) in [6, 6.07) is 0. The zero-order valence-corrected chi connectivity index (χ0v) is 6.21. The molecule has 1 nitrogen and oxygen atoms in total. The van der Waals surface area contributed by atoms with Crippen LogP contribution in [-0.2, 0) is 4.79 Å². The summed E-state index contributed by atoms with van der Waals surface area (Å²) in [6.07, 6.45) is 2.84. The number of carbonyl (C=O) groups is 1. The summed E-state index contributed by atoms with van der Waals surface area (Å²) in [7, 11) is 0. The predicted molar refractivity (Wildman–Crippen MR) is 38.0 cm³/mol. The first-order valence-electron chi connectivity index (χ1n) is 2.39. The quantitative estimate of drug-likeness (QED) is 0.419. The van der Waals surface area contributed by atoms with Crippen molar-refractivity contribution in [3.63, 3.8) is 0 Å². The van der Waals surface area contributed by atoms with Crippen LogP contribution in [0.3, 0.4) is 0 Å². The monoisotopic (exact) mass is 130 g/mol. The zero-order valence-electron chi connectivity index (χ0n) is 5.39. The molecular formula is C6H10OS. The summed E-state index contributed by atoms with van der Waals surface area (Å²) in [5, 5.41) is 0. The lowest BCUT2D eigenvalue weighted by Crippen LogP contribution is -1.78. The molecule has 0 fully saturated rings. The van der Waals surface area contributed by atoms with Gasteiger partial charge in [0.2, 0.25) is 0 Å². The maximum atomic E-state index is 10.0. The van der Waals surface area contributed by atoms with Gasteiger partial charge < -0.3 is 0 Å².